The van der Waals surface area contributed by atoms with Crippen molar-refractivity contribution in [2.75, 3.05) is 37.7 Å². The largest absolute Gasteiger partial charge is 0.380 e. The molecule has 6 heteroatoms. The van der Waals surface area contributed by atoms with E-state index in [1.54, 1.807) is 6.20 Å². The van der Waals surface area contributed by atoms with Gasteiger partial charge < -0.3 is 20.4 Å². The van der Waals surface area contributed by atoms with E-state index in [4.69, 9.17) is 10.5 Å². The molecule has 0 bridgehead atoms. The average Bonchev–Trinajstić information content (AvgIpc) is 2.26. The van der Waals surface area contributed by atoms with Crippen molar-refractivity contribution in [3.05, 3.63) is 22.2 Å². The number of anilines is 1. The van der Waals surface area contributed by atoms with Crippen molar-refractivity contribution in [3.63, 3.8) is 0 Å². The van der Waals surface area contributed by atoms with Crippen LogP contribution in [0.1, 0.15) is 12.1 Å². The fourth-order valence-electron chi connectivity index (χ4n) is 2.54. The molecule has 0 saturated carbocycles. The first kappa shape index (κ1) is 11.7. The molecule has 3 rings (SSSR count). The summed E-state index contributed by atoms with van der Waals surface area (Å²) >= 11 is 0. The van der Waals surface area contributed by atoms with E-state index in [1.807, 2.05) is 4.90 Å². The Kier molecular flexibility index (Phi) is 2.83. The van der Waals surface area contributed by atoms with Crippen LogP contribution in [0.5, 0.6) is 0 Å². The summed E-state index contributed by atoms with van der Waals surface area (Å²) in [5.74, 6) is 0.544. The summed E-state index contributed by atoms with van der Waals surface area (Å²) in [4.78, 5) is 21.0. The fourth-order valence-corrected chi connectivity index (χ4v) is 2.54. The van der Waals surface area contributed by atoms with Gasteiger partial charge in [-0.3, -0.25) is 4.79 Å². The summed E-state index contributed by atoms with van der Waals surface area (Å²) < 4.78 is 5.22. The van der Waals surface area contributed by atoms with Gasteiger partial charge in [0.15, 0.2) is 5.82 Å². The Bertz CT molecular complexity index is 487. The summed E-state index contributed by atoms with van der Waals surface area (Å²) in [7, 11) is 0. The van der Waals surface area contributed by atoms with Crippen LogP contribution in [0.25, 0.3) is 0 Å². The molecule has 18 heavy (non-hydrogen) atoms. The highest BCUT2D eigenvalue weighted by molar-refractivity contribution is 5.42. The van der Waals surface area contributed by atoms with Crippen molar-refractivity contribution in [1.29, 1.82) is 0 Å². The van der Waals surface area contributed by atoms with E-state index in [9.17, 15) is 4.79 Å². The minimum atomic E-state index is -0.110. The van der Waals surface area contributed by atoms with E-state index >= 15 is 0 Å². The molecule has 0 unspecified atom stereocenters. The van der Waals surface area contributed by atoms with Crippen molar-refractivity contribution >= 4 is 5.82 Å². The standard InChI is InChI=1S/C12H18N4O2/c13-3-1-2-9-4-14-11(17)10(15-9)16-5-12(6-16)7-18-8-12/h4H,1-3,5-8,13H2,(H,14,17). The van der Waals surface area contributed by atoms with Crippen molar-refractivity contribution in [2.45, 2.75) is 12.8 Å². The maximum atomic E-state index is 11.8. The third-order valence-electron chi connectivity index (χ3n) is 3.63. The van der Waals surface area contributed by atoms with Gasteiger partial charge in [-0.25, -0.2) is 4.98 Å². The molecule has 0 atom stereocenters. The molecule has 0 aliphatic carbocycles. The molecule has 2 fully saturated rings. The zero-order valence-electron chi connectivity index (χ0n) is 10.3. The van der Waals surface area contributed by atoms with Crippen LogP contribution < -0.4 is 16.2 Å². The molecule has 3 N–H and O–H groups in total. The van der Waals surface area contributed by atoms with E-state index in [-0.39, 0.29) is 5.56 Å². The number of hydrogen-bond donors (Lipinski definition) is 2. The molecule has 0 radical (unpaired) electrons. The predicted molar refractivity (Wildman–Crippen MR) is 67.7 cm³/mol. The van der Waals surface area contributed by atoms with Gasteiger partial charge in [0.1, 0.15) is 0 Å². The minimum absolute atomic E-state index is 0.110. The number of aromatic amines is 1. The third-order valence-corrected chi connectivity index (χ3v) is 3.63. The molecule has 0 aromatic carbocycles. The average molecular weight is 250 g/mol. The van der Waals surface area contributed by atoms with Crippen molar-refractivity contribution in [1.82, 2.24) is 9.97 Å². The monoisotopic (exact) mass is 250 g/mol. The van der Waals surface area contributed by atoms with Gasteiger partial charge >= 0.3 is 0 Å². The van der Waals surface area contributed by atoms with Crippen LogP contribution in [0, 0.1) is 5.41 Å². The van der Waals surface area contributed by atoms with Crippen LogP contribution >= 0.6 is 0 Å². The first-order valence-electron chi connectivity index (χ1n) is 6.34. The summed E-state index contributed by atoms with van der Waals surface area (Å²) in [6.07, 6.45) is 3.38. The van der Waals surface area contributed by atoms with Crippen LogP contribution in [0.2, 0.25) is 0 Å². The van der Waals surface area contributed by atoms with Crippen molar-refractivity contribution in [2.24, 2.45) is 11.1 Å². The Morgan fingerprint density at radius 2 is 2.28 bits per heavy atom. The Hall–Kier alpha value is -1.40. The summed E-state index contributed by atoms with van der Waals surface area (Å²) in [6.45, 7) is 4.02. The number of aromatic nitrogens is 2. The van der Waals surface area contributed by atoms with E-state index in [1.165, 1.54) is 0 Å². The lowest BCUT2D eigenvalue weighted by atomic mass is 9.78. The zero-order chi connectivity index (χ0) is 12.6. The Labute approximate surface area is 105 Å². The van der Waals surface area contributed by atoms with Crippen molar-refractivity contribution < 1.29 is 4.74 Å². The lowest BCUT2D eigenvalue weighted by molar-refractivity contribution is -0.127. The van der Waals surface area contributed by atoms with Crippen LogP contribution in [0.4, 0.5) is 5.82 Å². The van der Waals surface area contributed by atoms with Gasteiger partial charge in [-0.1, -0.05) is 0 Å². The van der Waals surface area contributed by atoms with Gasteiger partial charge in [-0.05, 0) is 19.4 Å². The molecule has 3 heterocycles. The maximum Gasteiger partial charge on any atom is 0.290 e. The maximum absolute atomic E-state index is 11.8. The van der Waals surface area contributed by atoms with Crippen LogP contribution in [-0.2, 0) is 11.2 Å². The second-order valence-electron chi connectivity index (χ2n) is 5.29. The normalized spacial score (nSPS) is 20.6. The highest BCUT2D eigenvalue weighted by Gasteiger charge is 2.50. The molecule has 2 saturated heterocycles. The van der Waals surface area contributed by atoms with Crippen LogP contribution in [0.3, 0.4) is 0 Å². The number of aryl methyl sites for hydroxylation is 1. The lowest BCUT2D eigenvalue weighted by Crippen LogP contribution is -2.67. The first-order valence-corrected chi connectivity index (χ1v) is 6.34. The molecule has 98 valence electrons. The van der Waals surface area contributed by atoms with Crippen LogP contribution in [-0.4, -0.2) is 42.8 Å². The molecular weight excluding hydrogens is 232 g/mol. The fraction of sp³-hybridized carbons (Fsp3) is 0.667. The van der Waals surface area contributed by atoms with Gasteiger partial charge in [-0.2, -0.15) is 0 Å². The van der Waals surface area contributed by atoms with Gasteiger partial charge in [0.2, 0.25) is 0 Å². The van der Waals surface area contributed by atoms with Crippen molar-refractivity contribution in [3.8, 4) is 0 Å². The Morgan fingerprint density at radius 3 is 2.89 bits per heavy atom. The predicted octanol–water partition coefficient (Wildman–Crippen LogP) is -0.502. The number of hydrogen-bond acceptors (Lipinski definition) is 5. The topological polar surface area (TPSA) is 84.2 Å². The highest BCUT2D eigenvalue weighted by Crippen LogP contribution is 2.38. The van der Waals surface area contributed by atoms with Gasteiger partial charge in [0.05, 0.1) is 24.3 Å². The summed E-state index contributed by atoms with van der Waals surface area (Å²) in [5.41, 5.74) is 6.57. The number of nitrogens with zero attached hydrogens (tertiary/aromatic N) is 2. The SMILES string of the molecule is NCCCc1c[nH]c(=O)c(N2CC3(COC3)C2)n1. The number of ether oxygens (including phenoxy) is 1. The zero-order valence-corrected chi connectivity index (χ0v) is 10.3. The van der Waals surface area contributed by atoms with Crippen LogP contribution in [0.15, 0.2) is 11.0 Å². The molecule has 1 aromatic heterocycles. The molecule has 1 aromatic rings. The van der Waals surface area contributed by atoms with Gasteiger partial charge in [0, 0.05) is 19.3 Å². The minimum Gasteiger partial charge on any atom is -0.380 e. The van der Waals surface area contributed by atoms with E-state index < -0.39 is 0 Å². The molecule has 6 nitrogen and oxygen atoms in total. The van der Waals surface area contributed by atoms with E-state index in [2.05, 4.69) is 9.97 Å². The molecule has 1 spiro atoms. The van der Waals surface area contributed by atoms with E-state index in [0.717, 1.165) is 44.8 Å². The number of nitrogens with two attached hydrogens (primary N) is 1. The second kappa shape index (κ2) is 4.37. The summed E-state index contributed by atoms with van der Waals surface area (Å²) in [6, 6.07) is 0. The lowest BCUT2D eigenvalue weighted by Gasteiger charge is -2.55. The highest BCUT2D eigenvalue weighted by atomic mass is 16.5. The van der Waals surface area contributed by atoms with Gasteiger partial charge in [-0.15, -0.1) is 0 Å². The molecule has 2 aliphatic heterocycles. The Balaban J connectivity index is 1.73. The quantitative estimate of drug-likeness (QED) is 0.752. The Morgan fingerprint density at radius 1 is 1.50 bits per heavy atom. The molecule has 0 amide bonds. The summed E-state index contributed by atoms with van der Waals surface area (Å²) in [5, 5.41) is 0. The first-order chi connectivity index (χ1) is 8.72. The smallest absolute Gasteiger partial charge is 0.290 e. The number of nitrogens with one attached hydrogen (secondary N) is 1. The molecule has 2 aliphatic rings. The second-order valence-corrected chi connectivity index (χ2v) is 5.29. The molecular formula is C12H18N4O2. The number of rotatable bonds is 4. The van der Waals surface area contributed by atoms with E-state index in [0.29, 0.717) is 17.8 Å². The number of H-pyrrole nitrogens is 1. The third kappa shape index (κ3) is 1.91. The van der Waals surface area contributed by atoms with Gasteiger partial charge in [0.25, 0.3) is 5.56 Å².